The second-order valence-electron chi connectivity index (χ2n) is 6.90. The first-order chi connectivity index (χ1) is 12.1. The third-order valence-electron chi connectivity index (χ3n) is 5.27. The van der Waals surface area contributed by atoms with Gasteiger partial charge in [0.2, 0.25) is 11.8 Å². The molecule has 0 spiro atoms. The number of rotatable bonds is 3. The highest BCUT2D eigenvalue weighted by Crippen LogP contribution is 2.31. The largest absolute Gasteiger partial charge is 0.337 e. The number of nitrogens with zero attached hydrogens (tertiary/aromatic N) is 1. The Morgan fingerprint density at radius 3 is 2.64 bits per heavy atom. The average molecular weight is 339 g/mol. The number of carbonyl (C=O) groups is 2. The normalized spacial score (nSPS) is 27.6. The summed E-state index contributed by atoms with van der Waals surface area (Å²) in [4.78, 5) is 27.3. The van der Waals surface area contributed by atoms with Crippen LogP contribution in [0.2, 0.25) is 0 Å². The maximum Gasteiger partial charge on any atom is 0.244 e. The Morgan fingerprint density at radius 2 is 1.92 bits per heavy atom. The minimum atomic E-state index is -0.506. The lowest BCUT2D eigenvalue weighted by molar-refractivity contribution is -0.142. The molecular weight excluding hydrogens is 314 g/mol. The molecule has 0 aromatic heterocycles. The molecule has 2 aliphatic rings. The zero-order valence-electron chi connectivity index (χ0n) is 14.4. The van der Waals surface area contributed by atoms with Crippen molar-refractivity contribution in [3.63, 3.8) is 0 Å². The zero-order chi connectivity index (χ0) is 17.8. The molecule has 5 nitrogen and oxygen atoms in total. The first-order valence-corrected chi connectivity index (χ1v) is 9.01. The molecule has 0 aliphatic carbocycles. The Balaban J connectivity index is 1.75. The average Bonchev–Trinajstić information content (AvgIpc) is 3.05. The first kappa shape index (κ1) is 17.5. The van der Waals surface area contributed by atoms with Gasteiger partial charge in [0.1, 0.15) is 12.1 Å². The SMILES string of the molecule is C#C[C@@H](NC(=O)[C@@H]1CC[C@@H]2CCCC[C@H](N)C(=O)N21)c1ccccc1. The van der Waals surface area contributed by atoms with Crippen LogP contribution in [0, 0.1) is 12.3 Å². The predicted molar refractivity (Wildman–Crippen MR) is 96.3 cm³/mol. The van der Waals surface area contributed by atoms with Crippen molar-refractivity contribution >= 4 is 11.8 Å². The highest BCUT2D eigenvalue weighted by molar-refractivity contribution is 5.91. The lowest BCUT2D eigenvalue weighted by Crippen LogP contribution is -2.54. The molecule has 4 atom stereocenters. The molecule has 2 aliphatic heterocycles. The fourth-order valence-corrected chi connectivity index (χ4v) is 3.92. The van der Waals surface area contributed by atoms with Crippen LogP contribution in [0.1, 0.15) is 50.1 Å². The van der Waals surface area contributed by atoms with Crippen LogP contribution in [0.25, 0.3) is 0 Å². The van der Waals surface area contributed by atoms with E-state index in [2.05, 4.69) is 11.2 Å². The van der Waals surface area contributed by atoms with E-state index in [9.17, 15) is 9.59 Å². The van der Waals surface area contributed by atoms with Crippen molar-refractivity contribution in [1.29, 1.82) is 0 Å². The summed E-state index contributed by atoms with van der Waals surface area (Å²) < 4.78 is 0. The van der Waals surface area contributed by atoms with Crippen LogP contribution >= 0.6 is 0 Å². The zero-order valence-corrected chi connectivity index (χ0v) is 14.4. The number of benzene rings is 1. The Kier molecular flexibility index (Phi) is 5.40. The molecule has 2 saturated heterocycles. The van der Waals surface area contributed by atoms with Crippen LogP contribution in [-0.2, 0) is 9.59 Å². The van der Waals surface area contributed by atoms with Gasteiger partial charge in [-0.25, -0.2) is 0 Å². The molecule has 1 aromatic carbocycles. The van der Waals surface area contributed by atoms with Gasteiger partial charge in [0.25, 0.3) is 0 Å². The minimum Gasteiger partial charge on any atom is -0.337 e. The summed E-state index contributed by atoms with van der Waals surface area (Å²) in [5.41, 5.74) is 6.89. The second-order valence-corrected chi connectivity index (χ2v) is 6.90. The van der Waals surface area contributed by atoms with E-state index in [0.717, 1.165) is 31.2 Å². The smallest absolute Gasteiger partial charge is 0.244 e. The van der Waals surface area contributed by atoms with Gasteiger partial charge in [-0.2, -0.15) is 0 Å². The summed E-state index contributed by atoms with van der Waals surface area (Å²) in [5, 5.41) is 2.92. The van der Waals surface area contributed by atoms with Crippen molar-refractivity contribution in [2.24, 2.45) is 5.73 Å². The number of carbonyl (C=O) groups excluding carboxylic acids is 2. The quantitative estimate of drug-likeness (QED) is 0.824. The first-order valence-electron chi connectivity index (χ1n) is 9.01. The topological polar surface area (TPSA) is 75.4 Å². The lowest BCUT2D eigenvalue weighted by Gasteiger charge is -2.34. The summed E-state index contributed by atoms with van der Waals surface area (Å²) in [7, 11) is 0. The van der Waals surface area contributed by atoms with E-state index in [1.54, 1.807) is 4.90 Å². The van der Waals surface area contributed by atoms with E-state index in [-0.39, 0.29) is 17.9 Å². The number of amides is 2. The molecule has 3 N–H and O–H groups in total. The van der Waals surface area contributed by atoms with Gasteiger partial charge >= 0.3 is 0 Å². The van der Waals surface area contributed by atoms with Crippen LogP contribution in [-0.4, -0.2) is 34.8 Å². The van der Waals surface area contributed by atoms with Gasteiger partial charge in [0, 0.05) is 6.04 Å². The van der Waals surface area contributed by atoms with Crippen molar-refractivity contribution in [3.8, 4) is 12.3 Å². The summed E-state index contributed by atoms with van der Waals surface area (Å²) in [6, 6.07) is 8.10. The third-order valence-corrected chi connectivity index (χ3v) is 5.27. The molecular formula is C20H25N3O2. The molecule has 2 amide bonds. The fraction of sp³-hybridized carbons (Fsp3) is 0.500. The van der Waals surface area contributed by atoms with Gasteiger partial charge in [-0.15, -0.1) is 6.42 Å². The van der Waals surface area contributed by atoms with Crippen molar-refractivity contribution in [1.82, 2.24) is 10.2 Å². The van der Waals surface area contributed by atoms with E-state index in [0.29, 0.717) is 12.8 Å². The maximum atomic E-state index is 12.9. The minimum absolute atomic E-state index is 0.0979. The molecule has 2 fully saturated rings. The van der Waals surface area contributed by atoms with Gasteiger partial charge in [-0.1, -0.05) is 49.1 Å². The van der Waals surface area contributed by atoms with Gasteiger partial charge in [0.05, 0.1) is 6.04 Å². The van der Waals surface area contributed by atoms with Crippen molar-refractivity contribution in [2.45, 2.75) is 62.7 Å². The van der Waals surface area contributed by atoms with Gasteiger partial charge in [0.15, 0.2) is 0 Å². The van der Waals surface area contributed by atoms with E-state index in [1.807, 2.05) is 30.3 Å². The number of fused-ring (bicyclic) bond motifs is 1. The molecule has 25 heavy (non-hydrogen) atoms. The fourth-order valence-electron chi connectivity index (χ4n) is 3.92. The van der Waals surface area contributed by atoms with Crippen LogP contribution < -0.4 is 11.1 Å². The summed E-state index contributed by atoms with van der Waals surface area (Å²) >= 11 is 0. The molecule has 0 bridgehead atoms. The van der Waals surface area contributed by atoms with Crippen LogP contribution in [0.15, 0.2) is 30.3 Å². The second kappa shape index (κ2) is 7.71. The molecule has 1 aromatic rings. The number of nitrogens with two attached hydrogens (primary N) is 1. The number of nitrogens with one attached hydrogen (secondary N) is 1. The monoisotopic (exact) mass is 339 g/mol. The van der Waals surface area contributed by atoms with Crippen molar-refractivity contribution in [2.75, 3.05) is 0 Å². The number of hydrogen-bond donors (Lipinski definition) is 2. The van der Waals surface area contributed by atoms with Gasteiger partial charge in [-0.3, -0.25) is 9.59 Å². The molecule has 2 heterocycles. The lowest BCUT2D eigenvalue weighted by atomic mass is 9.99. The van der Waals surface area contributed by atoms with Crippen LogP contribution in [0.3, 0.4) is 0 Å². The Labute approximate surface area is 149 Å². The van der Waals surface area contributed by atoms with E-state index in [1.165, 1.54) is 0 Å². The van der Waals surface area contributed by atoms with E-state index in [4.69, 9.17) is 12.2 Å². The summed E-state index contributed by atoms with van der Waals surface area (Å²) in [5.74, 6) is 2.34. The molecule has 0 unspecified atom stereocenters. The van der Waals surface area contributed by atoms with Crippen molar-refractivity contribution < 1.29 is 9.59 Å². The van der Waals surface area contributed by atoms with E-state index >= 15 is 0 Å². The Bertz CT molecular complexity index is 667. The van der Waals surface area contributed by atoms with E-state index < -0.39 is 18.1 Å². The summed E-state index contributed by atoms with van der Waals surface area (Å²) in [6.45, 7) is 0. The standard InChI is InChI=1S/C20H25N3O2/c1-2-17(14-8-4-3-5-9-14)22-19(24)18-13-12-15-10-6-7-11-16(21)20(25)23(15)18/h1,3-5,8-9,15-18H,6-7,10-13,21H2,(H,22,24)/t15-,16-,17+,18-/m0/s1. The third kappa shape index (κ3) is 3.69. The van der Waals surface area contributed by atoms with Gasteiger partial charge < -0.3 is 16.0 Å². The highest BCUT2D eigenvalue weighted by atomic mass is 16.2. The van der Waals surface area contributed by atoms with Crippen molar-refractivity contribution in [3.05, 3.63) is 35.9 Å². The molecule has 5 heteroatoms. The maximum absolute atomic E-state index is 12.9. The Morgan fingerprint density at radius 1 is 1.20 bits per heavy atom. The van der Waals surface area contributed by atoms with Crippen LogP contribution in [0.4, 0.5) is 0 Å². The number of terminal acetylenes is 1. The molecule has 132 valence electrons. The molecule has 0 saturated carbocycles. The molecule has 3 rings (SSSR count). The molecule has 0 radical (unpaired) electrons. The van der Waals surface area contributed by atoms with Crippen LogP contribution in [0.5, 0.6) is 0 Å². The summed E-state index contributed by atoms with van der Waals surface area (Å²) in [6.07, 6.45) is 10.8. The number of hydrogen-bond acceptors (Lipinski definition) is 3. The highest BCUT2D eigenvalue weighted by Gasteiger charge is 2.43. The predicted octanol–water partition coefficient (Wildman–Crippen LogP) is 1.74. The van der Waals surface area contributed by atoms with Gasteiger partial charge in [-0.05, 0) is 31.2 Å². The Hall–Kier alpha value is -2.32.